The lowest BCUT2D eigenvalue weighted by Crippen LogP contribution is -2.45. The van der Waals surface area contributed by atoms with Gasteiger partial charge in [-0.1, -0.05) is 54.1 Å². The Balaban J connectivity index is 1.72. The number of hydrogen-bond acceptors (Lipinski definition) is 6. The second kappa shape index (κ2) is 13.1. The van der Waals surface area contributed by atoms with Crippen molar-refractivity contribution in [3.05, 3.63) is 107 Å². The van der Waals surface area contributed by atoms with Gasteiger partial charge in [-0.3, -0.25) is 10.3 Å². The molecule has 0 radical (unpaired) electrons. The maximum absolute atomic E-state index is 13.2. The van der Waals surface area contributed by atoms with E-state index in [1.165, 1.54) is 30.5 Å². The lowest BCUT2D eigenvalue weighted by atomic mass is 9.97. The molecule has 0 spiro atoms. The van der Waals surface area contributed by atoms with Gasteiger partial charge in [0.15, 0.2) is 0 Å². The summed E-state index contributed by atoms with van der Waals surface area (Å²) in [4.78, 5) is 21.3. The first kappa shape index (κ1) is 32.5. The van der Waals surface area contributed by atoms with Crippen molar-refractivity contribution in [2.24, 2.45) is 4.99 Å². The number of aromatic nitrogens is 1. The van der Waals surface area contributed by atoms with Crippen molar-refractivity contribution in [3.63, 3.8) is 0 Å². The van der Waals surface area contributed by atoms with Crippen LogP contribution in [0.5, 0.6) is 0 Å². The number of alkyl carbamates (subject to hydrolysis) is 1. The molecule has 1 aromatic heterocycles. The van der Waals surface area contributed by atoms with Crippen LogP contribution in [0.1, 0.15) is 31.9 Å². The van der Waals surface area contributed by atoms with E-state index >= 15 is 0 Å². The van der Waals surface area contributed by atoms with Gasteiger partial charge in [-0.25, -0.2) is 22.9 Å². The molecule has 4 aromatic rings. The molecule has 1 heterocycles. The monoisotopic (exact) mass is 644 g/mol. The Labute approximate surface area is 258 Å². The molecule has 0 saturated carbocycles. The maximum Gasteiger partial charge on any atom is 0.416 e. The molecule has 0 unspecified atom stereocenters. The predicted octanol–water partition coefficient (Wildman–Crippen LogP) is 7.45. The molecule has 44 heavy (non-hydrogen) atoms. The number of benzene rings is 3. The van der Waals surface area contributed by atoms with Crippen LogP contribution >= 0.6 is 11.6 Å². The number of carbonyl (C=O) groups is 1. The summed E-state index contributed by atoms with van der Waals surface area (Å²) in [5, 5.41) is 2.84. The summed E-state index contributed by atoms with van der Waals surface area (Å²) in [5.41, 5.74) is 0.907. The number of halogens is 4. The third-order valence-electron chi connectivity index (χ3n) is 5.91. The minimum absolute atomic E-state index is 0.0581. The van der Waals surface area contributed by atoms with E-state index < -0.39 is 39.4 Å². The molecule has 0 atom stereocenters. The molecule has 1 amide bonds. The van der Waals surface area contributed by atoms with Gasteiger partial charge in [0.2, 0.25) is 5.96 Å². The fourth-order valence-corrected chi connectivity index (χ4v) is 5.07. The minimum Gasteiger partial charge on any atom is -0.444 e. The molecule has 3 aromatic carbocycles. The van der Waals surface area contributed by atoms with Crippen LogP contribution in [0, 0.1) is 0 Å². The molecule has 0 fully saturated rings. The van der Waals surface area contributed by atoms with Crippen LogP contribution in [0.3, 0.4) is 0 Å². The van der Waals surface area contributed by atoms with Gasteiger partial charge < -0.3 is 4.74 Å². The summed E-state index contributed by atoms with van der Waals surface area (Å²) in [6.07, 6.45) is -3.94. The first-order valence-electron chi connectivity index (χ1n) is 13.2. The third-order valence-corrected chi connectivity index (χ3v) is 7.52. The molecule has 230 valence electrons. The number of guanidine groups is 1. The van der Waals surface area contributed by atoms with Gasteiger partial charge >= 0.3 is 12.3 Å². The number of nitrogens with zero attached hydrogens (tertiary/aromatic N) is 2. The summed E-state index contributed by atoms with van der Waals surface area (Å²) in [5.74, 6) is -0.402. The molecular weight excluding hydrogens is 617 g/mol. The normalized spacial score (nSPS) is 12.5. The van der Waals surface area contributed by atoms with Gasteiger partial charge in [-0.15, -0.1) is 0 Å². The van der Waals surface area contributed by atoms with Crippen molar-refractivity contribution in [1.82, 2.24) is 15.0 Å². The minimum atomic E-state index is -4.50. The Morgan fingerprint density at radius 3 is 2.14 bits per heavy atom. The zero-order chi connectivity index (χ0) is 32.1. The Morgan fingerprint density at radius 1 is 0.932 bits per heavy atom. The van der Waals surface area contributed by atoms with Crippen LogP contribution in [0.25, 0.3) is 22.4 Å². The van der Waals surface area contributed by atoms with Crippen molar-refractivity contribution in [1.29, 1.82) is 0 Å². The fraction of sp³-hybridized carbons (Fsp3) is 0.194. The van der Waals surface area contributed by atoms with Crippen molar-refractivity contribution < 1.29 is 31.1 Å². The van der Waals surface area contributed by atoms with Crippen LogP contribution in [-0.2, 0) is 27.5 Å². The van der Waals surface area contributed by atoms with Gasteiger partial charge in [-0.2, -0.15) is 13.2 Å². The lowest BCUT2D eigenvalue weighted by Gasteiger charge is -2.20. The number of amides is 1. The van der Waals surface area contributed by atoms with Crippen LogP contribution in [0.15, 0.2) is 101 Å². The standard InChI is InChI=1S/C31H28ClF3N4O4S/c1-30(2,3)43-29(40)38-28(39-44(41,42)25-7-5-4-6-8-25)37-19-20-17-26(21-9-13-23(14-10-21)31(33,34)35)27(36-18-20)22-11-15-24(32)16-12-22/h4-18H,19H2,1-3H3,(H2,37,38,39,40). The summed E-state index contributed by atoms with van der Waals surface area (Å²) >= 11 is 6.04. The van der Waals surface area contributed by atoms with Gasteiger partial charge in [0.05, 0.1) is 22.7 Å². The second-order valence-corrected chi connectivity index (χ2v) is 12.7. The largest absolute Gasteiger partial charge is 0.444 e. The highest BCUT2D eigenvalue weighted by Gasteiger charge is 2.30. The molecule has 4 rings (SSSR count). The molecule has 13 heteroatoms. The van der Waals surface area contributed by atoms with Gasteiger partial charge in [0.1, 0.15) is 5.60 Å². The fourth-order valence-electron chi connectivity index (χ4n) is 3.94. The summed E-state index contributed by atoms with van der Waals surface area (Å²) in [6, 6.07) is 20.6. The highest BCUT2D eigenvalue weighted by atomic mass is 35.5. The number of ether oxygens (including phenoxy) is 1. The first-order valence-corrected chi connectivity index (χ1v) is 15.0. The number of nitrogens with one attached hydrogen (secondary N) is 2. The number of rotatable bonds is 6. The maximum atomic E-state index is 13.2. The van der Waals surface area contributed by atoms with E-state index in [4.69, 9.17) is 16.3 Å². The van der Waals surface area contributed by atoms with Crippen LogP contribution in [-0.4, -0.2) is 31.1 Å². The molecule has 0 aliphatic carbocycles. The molecule has 0 saturated heterocycles. The molecule has 0 bridgehead atoms. The topological polar surface area (TPSA) is 110 Å². The SMILES string of the molecule is CC(C)(C)OC(=O)NC(=NCc1cnc(-c2ccc(Cl)cc2)c(-c2ccc(C(F)(F)F)cc2)c1)NS(=O)(=O)c1ccccc1. The molecule has 0 aliphatic rings. The number of aliphatic imine (C=N–C) groups is 1. The molecule has 0 aliphatic heterocycles. The Kier molecular flexibility index (Phi) is 9.65. The van der Waals surface area contributed by atoms with E-state index in [1.54, 1.807) is 69.3 Å². The highest BCUT2D eigenvalue weighted by molar-refractivity contribution is 7.90. The highest BCUT2D eigenvalue weighted by Crippen LogP contribution is 2.35. The Bertz CT molecular complexity index is 1760. The first-order chi connectivity index (χ1) is 20.6. The lowest BCUT2D eigenvalue weighted by molar-refractivity contribution is -0.137. The van der Waals surface area contributed by atoms with E-state index in [-0.39, 0.29) is 11.4 Å². The quantitative estimate of drug-likeness (QED) is 0.167. The number of pyridine rings is 1. The summed E-state index contributed by atoms with van der Waals surface area (Å²) in [7, 11) is -4.14. The van der Waals surface area contributed by atoms with Crippen molar-refractivity contribution >= 4 is 33.7 Å². The van der Waals surface area contributed by atoms with Gasteiger partial charge in [0, 0.05) is 22.3 Å². The average Bonchev–Trinajstić information content (AvgIpc) is 2.95. The predicted molar refractivity (Wildman–Crippen MR) is 162 cm³/mol. The van der Waals surface area contributed by atoms with E-state index in [0.29, 0.717) is 33.0 Å². The Hall–Kier alpha value is -4.42. The number of sulfonamides is 1. The van der Waals surface area contributed by atoms with Gasteiger partial charge in [-0.05, 0) is 74.4 Å². The van der Waals surface area contributed by atoms with E-state index in [2.05, 4.69) is 20.0 Å². The summed E-state index contributed by atoms with van der Waals surface area (Å²) in [6.45, 7) is 4.78. The average molecular weight is 645 g/mol. The Morgan fingerprint density at radius 2 is 1.55 bits per heavy atom. The summed E-state index contributed by atoms with van der Waals surface area (Å²) < 4.78 is 73.2. The van der Waals surface area contributed by atoms with E-state index in [9.17, 15) is 26.4 Å². The molecule has 2 N–H and O–H groups in total. The number of alkyl halides is 3. The number of hydrogen-bond donors (Lipinski definition) is 2. The number of carbonyl (C=O) groups excluding carboxylic acids is 1. The molecule has 8 nitrogen and oxygen atoms in total. The van der Waals surface area contributed by atoms with Crippen LogP contribution in [0.2, 0.25) is 5.02 Å². The van der Waals surface area contributed by atoms with E-state index in [1.807, 2.05) is 0 Å². The zero-order valence-corrected chi connectivity index (χ0v) is 25.4. The van der Waals surface area contributed by atoms with Crippen LogP contribution < -0.4 is 10.0 Å². The van der Waals surface area contributed by atoms with Gasteiger partial charge in [0.25, 0.3) is 10.0 Å². The second-order valence-electron chi connectivity index (χ2n) is 10.5. The van der Waals surface area contributed by atoms with Crippen molar-refractivity contribution in [2.45, 2.75) is 44.0 Å². The zero-order valence-electron chi connectivity index (χ0n) is 23.8. The third kappa shape index (κ3) is 8.80. The van der Waals surface area contributed by atoms with E-state index in [0.717, 1.165) is 12.1 Å². The smallest absolute Gasteiger partial charge is 0.416 e. The van der Waals surface area contributed by atoms with Crippen LogP contribution in [0.4, 0.5) is 18.0 Å². The molecular formula is C31H28ClF3N4O4S. The van der Waals surface area contributed by atoms with Crippen molar-refractivity contribution in [3.8, 4) is 22.4 Å². The van der Waals surface area contributed by atoms with Crippen molar-refractivity contribution in [2.75, 3.05) is 0 Å².